The third-order valence-electron chi connectivity index (χ3n) is 0.926. The van der Waals surface area contributed by atoms with E-state index in [9.17, 15) is 8.42 Å². The molecule has 0 spiro atoms. The third-order valence-corrected chi connectivity index (χ3v) is 1.97. The highest BCUT2D eigenvalue weighted by atomic mass is 32.2. The molecule has 0 aliphatic carbocycles. The molecule has 0 radical (unpaired) electrons. The van der Waals surface area contributed by atoms with Gasteiger partial charge in [0.25, 0.3) is 0 Å². The Morgan fingerprint density at radius 2 is 2.20 bits per heavy atom. The van der Waals surface area contributed by atoms with Crippen LogP contribution in [0.1, 0.15) is 6.92 Å². The average Bonchev–Trinajstić information content (AvgIpc) is 1.80. The molecule has 5 nitrogen and oxygen atoms in total. The maximum atomic E-state index is 10.3. The van der Waals surface area contributed by atoms with Gasteiger partial charge in [0, 0.05) is 6.54 Å². The van der Waals surface area contributed by atoms with E-state index in [1.165, 1.54) is 6.92 Å². The fourth-order valence-electron chi connectivity index (χ4n) is 0.435. The minimum atomic E-state index is -4.17. The van der Waals surface area contributed by atoms with Gasteiger partial charge in [0.05, 0.1) is 6.07 Å². The number of nitriles is 1. The summed E-state index contributed by atoms with van der Waals surface area (Å²) in [5, 5.41) is 8.06. The molecule has 0 bridgehead atoms. The summed E-state index contributed by atoms with van der Waals surface area (Å²) in [7, 11) is -4.17. The Labute approximate surface area is 59.8 Å². The molecule has 0 rings (SSSR count). The first-order valence-corrected chi connectivity index (χ1v) is 4.01. The SMILES string of the molecule is CCN(CC#N)S(=O)(=O)O. The second-order valence-corrected chi connectivity index (χ2v) is 2.97. The third kappa shape index (κ3) is 2.77. The van der Waals surface area contributed by atoms with E-state index >= 15 is 0 Å². The summed E-state index contributed by atoms with van der Waals surface area (Å²) in [5.74, 6) is 0. The van der Waals surface area contributed by atoms with Crippen molar-refractivity contribution in [2.24, 2.45) is 0 Å². The van der Waals surface area contributed by atoms with Gasteiger partial charge in [0.15, 0.2) is 0 Å². The maximum absolute atomic E-state index is 10.3. The largest absolute Gasteiger partial charge is 0.336 e. The Balaban J connectivity index is 4.26. The molecule has 0 aliphatic rings. The Hall–Kier alpha value is -0.640. The lowest BCUT2D eigenvalue weighted by molar-refractivity contribution is 0.381. The minimum Gasteiger partial charge on any atom is -0.273 e. The summed E-state index contributed by atoms with van der Waals surface area (Å²) >= 11 is 0. The van der Waals surface area contributed by atoms with Gasteiger partial charge in [-0.1, -0.05) is 6.92 Å². The molecule has 58 valence electrons. The van der Waals surface area contributed by atoms with Gasteiger partial charge < -0.3 is 0 Å². The van der Waals surface area contributed by atoms with Crippen LogP contribution in [0, 0.1) is 11.3 Å². The Morgan fingerprint density at radius 1 is 1.70 bits per heavy atom. The van der Waals surface area contributed by atoms with E-state index in [1.807, 2.05) is 0 Å². The lowest BCUT2D eigenvalue weighted by Crippen LogP contribution is -2.30. The summed E-state index contributed by atoms with van der Waals surface area (Å²) in [4.78, 5) is 0. The predicted molar refractivity (Wildman–Crippen MR) is 34.4 cm³/mol. The van der Waals surface area contributed by atoms with Crippen LogP contribution in [0.25, 0.3) is 0 Å². The first-order valence-electron chi connectivity index (χ1n) is 2.62. The minimum absolute atomic E-state index is 0.104. The van der Waals surface area contributed by atoms with Crippen LogP contribution in [-0.2, 0) is 10.3 Å². The molecule has 1 N–H and O–H groups in total. The highest BCUT2D eigenvalue weighted by molar-refractivity contribution is 7.83. The summed E-state index contributed by atoms with van der Waals surface area (Å²) in [6, 6.07) is 1.61. The average molecular weight is 164 g/mol. The van der Waals surface area contributed by atoms with Crippen LogP contribution < -0.4 is 0 Å². The van der Waals surface area contributed by atoms with Crippen LogP contribution in [0.5, 0.6) is 0 Å². The first kappa shape index (κ1) is 9.36. The van der Waals surface area contributed by atoms with Crippen molar-refractivity contribution in [3.05, 3.63) is 0 Å². The van der Waals surface area contributed by atoms with Crippen LogP contribution in [0.3, 0.4) is 0 Å². The molecular formula is C4H8N2O3S. The van der Waals surface area contributed by atoms with Gasteiger partial charge in [0.2, 0.25) is 0 Å². The van der Waals surface area contributed by atoms with Gasteiger partial charge in [-0.05, 0) is 0 Å². The molecule has 0 aromatic heterocycles. The molecular weight excluding hydrogens is 156 g/mol. The molecule has 0 aromatic carbocycles. The lowest BCUT2D eigenvalue weighted by Gasteiger charge is -2.10. The normalized spacial score (nSPS) is 11.4. The highest BCUT2D eigenvalue weighted by Gasteiger charge is 2.14. The summed E-state index contributed by atoms with van der Waals surface area (Å²) in [6.45, 7) is 1.33. The standard InChI is InChI=1S/C4H8N2O3S/c1-2-6(4-3-5)10(7,8)9/h2,4H2,1H3,(H,7,8,9). The molecule has 0 aliphatic heterocycles. The number of hydrogen-bond donors (Lipinski definition) is 1. The van der Waals surface area contributed by atoms with Gasteiger partial charge >= 0.3 is 10.3 Å². The van der Waals surface area contributed by atoms with E-state index in [-0.39, 0.29) is 13.1 Å². The summed E-state index contributed by atoms with van der Waals surface area (Å²) < 4.78 is 29.6. The maximum Gasteiger partial charge on any atom is 0.336 e. The topological polar surface area (TPSA) is 81.4 Å². The zero-order chi connectivity index (χ0) is 8.20. The lowest BCUT2D eigenvalue weighted by atomic mass is 10.6. The quantitative estimate of drug-likeness (QED) is 0.456. The van der Waals surface area contributed by atoms with Crippen molar-refractivity contribution >= 4 is 10.3 Å². The van der Waals surface area contributed by atoms with E-state index < -0.39 is 10.3 Å². The summed E-state index contributed by atoms with van der Waals surface area (Å²) in [5.41, 5.74) is 0. The molecule has 0 amide bonds. The molecule has 0 aromatic rings. The van der Waals surface area contributed by atoms with Crippen LogP contribution in [0.2, 0.25) is 0 Å². The highest BCUT2D eigenvalue weighted by Crippen LogP contribution is 1.93. The Bertz CT molecular complexity index is 227. The van der Waals surface area contributed by atoms with Gasteiger partial charge in [-0.3, -0.25) is 4.55 Å². The smallest absolute Gasteiger partial charge is 0.273 e. The van der Waals surface area contributed by atoms with Gasteiger partial charge in [0.1, 0.15) is 6.54 Å². The van der Waals surface area contributed by atoms with Crippen molar-refractivity contribution in [2.75, 3.05) is 13.1 Å². The van der Waals surface area contributed by atoms with E-state index in [1.54, 1.807) is 6.07 Å². The van der Waals surface area contributed by atoms with Crippen molar-refractivity contribution in [2.45, 2.75) is 6.92 Å². The van der Waals surface area contributed by atoms with Gasteiger partial charge in [-0.2, -0.15) is 18.0 Å². The van der Waals surface area contributed by atoms with E-state index in [4.69, 9.17) is 9.81 Å². The van der Waals surface area contributed by atoms with Gasteiger partial charge in [-0.25, -0.2) is 0 Å². The van der Waals surface area contributed by atoms with Gasteiger partial charge in [-0.15, -0.1) is 0 Å². The fraction of sp³-hybridized carbons (Fsp3) is 0.750. The monoisotopic (exact) mass is 164 g/mol. The Kier molecular flexibility index (Phi) is 3.28. The van der Waals surface area contributed by atoms with Crippen molar-refractivity contribution in [1.29, 1.82) is 5.26 Å². The van der Waals surface area contributed by atoms with Crippen molar-refractivity contribution in [3.63, 3.8) is 0 Å². The number of hydrogen-bond acceptors (Lipinski definition) is 3. The van der Waals surface area contributed by atoms with Crippen LogP contribution >= 0.6 is 0 Å². The molecule has 0 unspecified atom stereocenters. The second kappa shape index (κ2) is 3.51. The van der Waals surface area contributed by atoms with E-state index in [0.717, 1.165) is 0 Å². The fourth-order valence-corrected chi connectivity index (χ4v) is 0.983. The molecule has 0 saturated carbocycles. The molecule has 0 saturated heterocycles. The number of rotatable bonds is 3. The molecule has 0 heterocycles. The molecule has 0 fully saturated rings. The second-order valence-electron chi connectivity index (χ2n) is 1.56. The number of nitrogens with zero attached hydrogens (tertiary/aromatic N) is 2. The van der Waals surface area contributed by atoms with Crippen LogP contribution in [-0.4, -0.2) is 30.4 Å². The van der Waals surface area contributed by atoms with Crippen molar-refractivity contribution in [1.82, 2.24) is 4.31 Å². The molecule has 10 heavy (non-hydrogen) atoms. The van der Waals surface area contributed by atoms with Crippen LogP contribution in [0.4, 0.5) is 0 Å². The molecule has 6 heteroatoms. The molecule has 0 atom stereocenters. The van der Waals surface area contributed by atoms with Crippen molar-refractivity contribution < 1.29 is 13.0 Å². The van der Waals surface area contributed by atoms with Crippen molar-refractivity contribution in [3.8, 4) is 6.07 Å². The Morgan fingerprint density at radius 3 is 2.30 bits per heavy atom. The van der Waals surface area contributed by atoms with E-state index in [0.29, 0.717) is 4.31 Å². The van der Waals surface area contributed by atoms with E-state index in [2.05, 4.69) is 0 Å². The predicted octanol–water partition coefficient (Wildman–Crippen LogP) is -0.365. The zero-order valence-corrected chi connectivity index (χ0v) is 6.30. The summed E-state index contributed by atoms with van der Waals surface area (Å²) in [6.07, 6.45) is 0. The zero-order valence-electron chi connectivity index (χ0n) is 5.48. The van der Waals surface area contributed by atoms with Crippen LogP contribution in [0.15, 0.2) is 0 Å². The first-order chi connectivity index (χ1) is 4.52.